The van der Waals surface area contributed by atoms with Crippen LogP contribution >= 0.6 is 11.3 Å². The first-order valence-electron chi connectivity index (χ1n) is 6.73. The number of amides is 1. The summed E-state index contributed by atoms with van der Waals surface area (Å²) in [7, 11) is 0. The van der Waals surface area contributed by atoms with E-state index in [1.807, 2.05) is 34.2 Å². The van der Waals surface area contributed by atoms with Gasteiger partial charge in [0.1, 0.15) is 0 Å². The first-order chi connectivity index (χ1) is 10.3. The topological polar surface area (TPSA) is 46.4 Å². The second-order valence-electron chi connectivity index (χ2n) is 4.60. The van der Waals surface area contributed by atoms with E-state index in [9.17, 15) is 4.79 Å². The molecule has 0 aliphatic heterocycles. The molecule has 2 aromatic heterocycles. The lowest BCUT2D eigenvalue weighted by Gasteiger charge is -2.02. The zero-order chi connectivity index (χ0) is 14.5. The van der Waals surface area contributed by atoms with Gasteiger partial charge in [0, 0.05) is 24.2 Å². The Balaban J connectivity index is 1.52. The van der Waals surface area contributed by atoms with Gasteiger partial charge in [-0.1, -0.05) is 30.3 Å². The minimum absolute atomic E-state index is 0.0869. The van der Waals surface area contributed by atoms with Gasteiger partial charge in [-0.25, -0.2) is 4.98 Å². The molecule has 3 rings (SSSR count). The minimum Gasteiger partial charge on any atom is -0.352 e. The van der Waals surface area contributed by atoms with Gasteiger partial charge in [0.05, 0.1) is 11.9 Å². The molecule has 1 amide bonds. The van der Waals surface area contributed by atoms with Gasteiger partial charge in [-0.2, -0.15) is 0 Å². The van der Waals surface area contributed by atoms with Gasteiger partial charge in [0.15, 0.2) is 4.96 Å². The van der Waals surface area contributed by atoms with Gasteiger partial charge in [0.2, 0.25) is 5.91 Å². The molecule has 0 aliphatic carbocycles. The predicted molar refractivity (Wildman–Crippen MR) is 85.3 cm³/mol. The molecule has 1 N–H and O–H groups in total. The molecular formula is C16H15N3OS. The maximum atomic E-state index is 11.8. The van der Waals surface area contributed by atoms with E-state index >= 15 is 0 Å². The van der Waals surface area contributed by atoms with Crippen molar-refractivity contribution >= 4 is 28.3 Å². The van der Waals surface area contributed by atoms with Crippen molar-refractivity contribution in [2.75, 3.05) is 6.54 Å². The summed E-state index contributed by atoms with van der Waals surface area (Å²) in [4.78, 5) is 17.0. The molecule has 0 aliphatic rings. The fourth-order valence-electron chi connectivity index (χ4n) is 2.06. The summed E-state index contributed by atoms with van der Waals surface area (Å²) in [5, 5.41) is 4.85. The maximum Gasteiger partial charge on any atom is 0.244 e. The molecule has 2 heterocycles. The van der Waals surface area contributed by atoms with Crippen molar-refractivity contribution in [1.82, 2.24) is 14.7 Å². The minimum atomic E-state index is -0.0869. The highest BCUT2D eigenvalue weighted by atomic mass is 32.1. The first kappa shape index (κ1) is 13.6. The van der Waals surface area contributed by atoms with Gasteiger partial charge in [-0.15, -0.1) is 11.3 Å². The van der Waals surface area contributed by atoms with E-state index < -0.39 is 0 Å². The molecule has 106 valence electrons. The van der Waals surface area contributed by atoms with Crippen LogP contribution in [-0.4, -0.2) is 21.8 Å². The van der Waals surface area contributed by atoms with Crippen LogP contribution in [0.3, 0.4) is 0 Å². The summed E-state index contributed by atoms with van der Waals surface area (Å²) in [6, 6.07) is 10.1. The smallest absolute Gasteiger partial charge is 0.244 e. The number of hydrogen-bond acceptors (Lipinski definition) is 3. The van der Waals surface area contributed by atoms with Crippen LogP contribution in [-0.2, 0) is 11.2 Å². The number of thiazole rings is 1. The molecule has 0 saturated heterocycles. The number of fused-ring (bicyclic) bond motifs is 1. The number of imidazole rings is 1. The summed E-state index contributed by atoms with van der Waals surface area (Å²) in [6.45, 7) is 0.632. The Morgan fingerprint density at radius 1 is 1.33 bits per heavy atom. The average molecular weight is 297 g/mol. The Labute approximate surface area is 126 Å². The van der Waals surface area contributed by atoms with Gasteiger partial charge in [0.25, 0.3) is 0 Å². The molecule has 0 spiro atoms. The molecule has 0 saturated carbocycles. The Hall–Kier alpha value is -2.40. The van der Waals surface area contributed by atoms with Crippen molar-refractivity contribution in [3.8, 4) is 0 Å². The van der Waals surface area contributed by atoms with Crippen LogP contribution in [0.2, 0.25) is 0 Å². The zero-order valence-electron chi connectivity index (χ0n) is 11.4. The molecule has 1 aromatic carbocycles. The van der Waals surface area contributed by atoms with E-state index in [4.69, 9.17) is 0 Å². The van der Waals surface area contributed by atoms with E-state index in [2.05, 4.69) is 22.4 Å². The van der Waals surface area contributed by atoms with Crippen molar-refractivity contribution in [2.24, 2.45) is 0 Å². The largest absolute Gasteiger partial charge is 0.352 e. The number of rotatable bonds is 5. The number of carbonyl (C=O) groups is 1. The summed E-state index contributed by atoms with van der Waals surface area (Å²) in [5.41, 5.74) is 2.13. The van der Waals surface area contributed by atoms with Gasteiger partial charge in [-0.05, 0) is 18.1 Å². The summed E-state index contributed by atoms with van der Waals surface area (Å²) >= 11 is 1.57. The Morgan fingerprint density at radius 2 is 2.19 bits per heavy atom. The standard InChI is InChI=1S/C16H15N3OS/c20-15(17-9-8-13-4-2-1-3-5-13)7-6-14-12-18-16-19(14)10-11-21-16/h1-7,10-12H,8-9H2,(H,17,20)/b7-6+. The van der Waals surface area contributed by atoms with Gasteiger partial charge >= 0.3 is 0 Å². The van der Waals surface area contributed by atoms with Crippen LogP contribution in [0, 0.1) is 0 Å². The number of carbonyl (C=O) groups excluding carboxylic acids is 1. The Morgan fingerprint density at radius 3 is 3.05 bits per heavy atom. The molecule has 3 aromatic rings. The molecule has 0 radical (unpaired) electrons. The van der Waals surface area contributed by atoms with E-state index in [0.717, 1.165) is 17.1 Å². The summed E-state index contributed by atoms with van der Waals surface area (Å²) in [6.07, 6.45) is 7.87. The highest BCUT2D eigenvalue weighted by molar-refractivity contribution is 7.15. The third-order valence-electron chi connectivity index (χ3n) is 3.14. The second-order valence-corrected chi connectivity index (χ2v) is 5.47. The fraction of sp³-hybridized carbons (Fsp3) is 0.125. The molecule has 0 fully saturated rings. The van der Waals surface area contributed by atoms with Gasteiger partial charge in [-0.3, -0.25) is 9.20 Å². The van der Waals surface area contributed by atoms with Crippen molar-refractivity contribution in [3.63, 3.8) is 0 Å². The molecule has 4 nitrogen and oxygen atoms in total. The maximum absolute atomic E-state index is 11.8. The van der Waals surface area contributed by atoms with Crippen LogP contribution in [0.1, 0.15) is 11.3 Å². The van der Waals surface area contributed by atoms with Crippen LogP contribution in [0.4, 0.5) is 0 Å². The van der Waals surface area contributed by atoms with Crippen LogP contribution in [0.25, 0.3) is 11.0 Å². The molecule has 0 atom stereocenters. The van der Waals surface area contributed by atoms with E-state index in [1.165, 1.54) is 5.56 Å². The summed E-state index contributed by atoms with van der Waals surface area (Å²) in [5.74, 6) is -0.0869. The molecule has 0 unspecified atom stereocenters. The number of hydrogen-bond donors (Lipinski definition) is 1. The van der Waals surface area contributed by atoms with Crippen LogP contribution in [0.15, 0.2) is 54.2 Å². The van der Waals surface area contributed by atoms with Crippen LogP contribution < -0.4 is 5.32 Å². The molecule has 5 heteroatoms. The fourth-order valence-corrected chi connectivity index (χ4v) is 2.76. The van der Waals surface area contributed by atoms with E-state index in [0.29, 0.717) is 6.54 Å². The normalized spacial score (nSPS) is 11.2. The quantitative estimate of drug-likeness (QED) is 0.736. The highest BCUT2D eigenvalue weighted by Crippen LogP contribution is 2.13. The third-order valence-corrected chi connectivity index (χ3v) is 3.91. The number of aromatic nitrogens is 2. The zero-order valence-corrected chi connectivity index (χ0v) is 12.2. The Kier molecular flexibility index (Phi) is 4.12. The third kappa shape index (κ3) is 3.38. The number of nitrogens with zero attached hydrogens (tertiary/aromatic N) is 2. The lowest BCUT2D eigenvalue weighted by Crippen LogP contribution is -2.23. The monoisotopic (exact) mass is 297 g/mol. The van der Waals surface area contributed by atoms with Crippen molar-refractivity contribution in [3.05, 3.63) is 65.4 Å². The average Bonchev–Trinajstić information content (AvgIpc) is 3.10. The lowest BCUT2D eigenvalue weighted by atomic mass is 10.1. The number of benzene rings is 1. The van der Waals surface area contributed by atoms with Crippen molar-refractivity contribution in [2.45, 2.75) is 6.42 Å². The van der Waals surface area contributed by atoms with Crippen LogP contribution in [0.5, 0.6) is 0 Å². The summed E-state index contributed by atoms with van der Waals surface area (Å²) < 4.78 is 1.96. The molecular weight excluding hydrogens is 282 g/mol. The van der Waals surface area contributed by atoms with Gasteiger partial charge < -0.3 is 5.32 Å². The molecule has 0 bridgehead atoms. The SMILES string of the molecule is O=C(/C=C/c1cnc2sccn12)NCCc1ccccc1. The second kappa shape index (κ2) is 6.37. The number of nitrogens with one attached hydrogen (secondary N) is 1. The lowest BCUT2D eigenvalue weighted by molar-refractivity contribution is -0.116. The van der Waals surface area contributed by atoms with Crippen molar-refractivity contribution < 1.29 is 4.79 Å². The highest BCUT2D eigenvalue weighted by Gasteiger charge is 2.01. The molecule has 21 heavy (non-hydrogen) atoms. The first-order valence-corrected chi connectivity index (χ1v) is 7.61. The Bertz CT molecular complexity index is 758. The van der Waals surface area contributed by atoms with E-state index in [1.54, 1.807) is 29.7 Å². The predicted octanol–water partition coefficient (Wildman–Crippen LogP) is 2.77. The van der Waals surface area contributed by atoms with Crippen molar-refractivity contribution in [1.29, 1.82) is 0 Å². The van der Waals surface area contributed by atoms with E-state index in [-0.39, 0.29) is 5.91 Å².